The summed E-state index contributed by atoms with van der Waals surface area (Å²) in [5, 5.41) is 3.09. The smallest absolute Gasteiger partial charge is 0.283 e. The maximum atomic E-state index is 13.4. The minimum atomic E-state index is -0.428. The van der Waals surface area contributed by atoms with Crippen molar-refractivity contribution in [3.05, 3.63) is 101 Å². The van der Waals surface area contributed by atoms with E-state index in [1.165, 1.54) is 28.7 Å². The van der Waals surface area contributed by atoms with Crippen LogP contribution >= 0.6 is 11.8 Å². The van der Waals surface area contributed by atoms with Gasteiger partial charge in [0.2, 0.25) is 5.91 Å². The van der Waals surface area contributed by atoms with Crippen molar-refractivity contribution in [3.8, 4) is 0 Å². The van der Waals surface area contributed by atoms with Gasteiger partial charge < -0.3 is 5.32 Å². The van der Waals surface area contributed by atoms with Crippen molar-refractivity contribution in [1.82, 2.24) is 0 Å². The van der Waals surface area contributed by atoms with Gasteiger partial charge in [0.25, 0.3) is 5.91 Å². The topological polar surface area (TPSA) is 61.8 Å². The number of aliphatic imine (C=N–C) groups is 1. The van der Waals surface area contributed by atoms with E-state index in [4.69, 9.17) is 0 Å². The Morgan fingerprint density at radius 1 is 1.09 bits per heavy atom. The van der Waals surface area contributed by atoms with Crippen LogP contribution in [0.4, 0.5) is 15.8 Å². The predicted octanol–water partition coefficient (Wildman–Crippen LogP) is 6.37. The van der Waals surface area contributed by atoms with Gasteiger partial charge in [-0.3, -0.25) is 14.5 Å². The number of amides is 2. The second kappa shape index (κ2) is 10.7. The Balaban J connectivity index is 1.56. The molecular formula is C28H26FN3O2S. The first kappa shape index (κ1) is 24.4. The fourth-order valence-electron chi connectivity index (χ4n) is 3.54. The second-order valence-corrected chi connectivity index (χ2v) is 9.51. The standard InChI is InChI=1S/C28H26FN3O2S/c1-18(2)21-11-9-20(10-12-21)15-25-27(34)32(24-13-7-19(3)8-14-24)28(31-25)35-17-26(33)30-23-6-4-5-22(29)16-23/h4-16,18H,17H2,1-3H3,(H,30,33). The number of aryl methyl sites for hydroxylation is 1. The number of nitrogens with zero attached hydrogens (tertiary/aromatic N) is 2. The minimum Gasteiger partial charge on any atom is -0.325 e. The van der Waals surface area contributed by atoms with Crippen LogP contribution in [0.25, 0.3) is 6.08 Å². The summed E-state index contributed by atoms with van der Waals surface area (Å²) >= 11 is 1.16. The number of hydrogen-bond acceptors (Lipinski definition) is 4. The molecule has 7 heteroatoms. The van der Waals surface area contributed by atoms with E-state index in [9.17, 15) is 14.0 Å². The van der Waals surface area contributed by atoms with Gasteiger partial charge in [0.15, 0.2) is 5.17 Å². The molecule has 0 fully saturated rings. The Kier molecular flexibility index (Phi) is 7.46. The highest BCUT2D eigenvalue weighted by molar-refractivity contribution is 8.14. The quantitative estimate of drug-likeness (QED) is 0.411. The lowest BCUT2D eigenvalue weighted by Crippen LogP contribution is -2.31. The predicted molar refractivity (Wildman–Crippen MR) is 142 cm³/mol. The van der Waals surface area contributed by atoms with E-state index in [0.29, 0.717) is 28.2 Å². The van der Waals surface area contributed by atoms with Crippen molar-refractivity contribution in [2.24, 2.45) is 4.99 Å². The highest BCUT2D eigenvalue weighted by Crippen LogP contribution is 2.30. The largest absolute Gasteiger partial charge is 0.325 e. The summed E-state index contributed by atoms with van der Waals surface area (Å²) < 4.78 is 13.4. The first-order valence-electron chi connectivity index (χ1n) is 11.3. The lowest BCUT2D eigenvalue weighted by Gasteiger charge is -2.18. The third-order valence-corrected chi connectivity index (χ3v) is 6.41. The Morgan fingerprint density at radius 3 is 2.46 bits per heavy atom. The van der Waals surface area contributed by atoms with Crippen LogP contribution in [-0.2, 0) is 9.59 Å². The molecule has 0 aromatic heterocycles. The molecule has 0 radical (unpaired) electrons. The molecule has 3 aromatic carbocycles. The summed E-state index contributed by atoms with van der Waals surface area (Å²) in [7, 11) is 0. The Bertz CT molecular complexity index is 1300. The van der Waals surface area contributed by atoms with Gasteiger partial charge in [-0.15, -0.1) is 0 Å². The van der Waals surface area contributed by atoms with E-state index >= 15 is 0 Å². The van der Waals surface area contributed by atoms with E-state index in [2.05, 4.69) is 24.2 Å². The number of rotatable bonds is 6. The molecule has 1 aliphatic heterocycles. The van der Waals surface area contributed by atoms with Crippen LogP contribution in [0.3, 0.4) is 0 Å². The molecule has 35 heavy (non-hydrogen) atoms. The zero-order valence-corrected chi connectivity index (χ0v) is 20.6. The van der Waals surface area contributed by atoms with Gasteiger partial charge >= 0.3 is 0 Å². The van der Waals surface area contributed by atoms with Gasteiger partial charge in [0.1, 0.15) is 11.5 Å². The Hall–Kier alpha value is -3.71. The molecule has 0 atom stereocenters. The molecule has 5 nitrogen and oxygen atoms in total. The van der Waals surface area contributed by atoms with Crippen LogP contribution in [0.15, 0.2) is 83.5 Å². The molecular weight excluding hydrogens is 461 g/mol. The Labute approximate surface area is 208 Å². The molecule has 0 unspecified atom stereocenters. The van der Waals surface area contributed by atoms with E-state index < -0.39 is 5.82 Å². The molecule has 1 aliphatic rings. The van der Waals surface area contributed by atoms with E-state index in [0.717, 1.165) is 22.9 Å². The molecule has 1 N–H and O–H groups in total. The van der Waals surface area contributed by atoms with Crippen LogP contribution in [0.1, 0.15) is 36.5 Å². The molecule has 0 spiro atoms. The SMILES string of the molecule is Cc1ccc(N2C(=O)C(=Cc3ccc(C(C)C)cc3)N=C2SCC(=O)Nc2cccc(F)c2)cc1. The number of carbonyl (C=O) groups excluding carboxylic acids is 2. The highest BCUT2D eigenvalue weighted by atomic mass is 32.2. The van der Waals surface area contributed by atoms with Gasteiger partial charge in [0, 0.05) is 5.69 Å². The number of thioether (sulfide) groups is 1. The molecule has 0 bridgehead atoms. The van der Waals surface area contributed by atoms with Crippen molar-refractivity contribution in [1.29, 1.82) is 0 Å². The van der Waals surface area contributed by atoms with Crippen LogP contribution in [0.5, 0.6) is 0 Å². The number of anilines is 2. The van der Waals surface area contributed by atoms with Gasteiger partial charge in [0.05, 0.1) is 11.4 Å². The molecule has 0 saturated carbocycles. The first-order valence-corrected chi connectivity index (χ1v) is 12.3. The molecule has 3 aromatic rings. The van der Waals surface area contributed by atoms with Crippen molar-refractivity contribution >= 4 is 46.2 Å². The average Bonchev–Trinajstić information content (AvgIpc) is 3.13. The summed E-state index contributed by atoms with van der Waals surface area (Å²) in [5.74, 6) is -0.568. The lowest BCUT2D eigenvalue weighted by atomic mass is 10.0. The van der Waals surface area contributed by atoms with Crippen molar-refractivity contribution in [2.75, 3.05) is 16.0 Å². The summed E-state index contributed by atoms with van der Waals surface area (Å²) in [6.07, 6.45) is 1.76. The zero-order valence-electron chi connectivity index (χ0n) is 19.8. The van der Waals surface area contributed by atoms with E-state index in [-0.39, 0.29) is 17.6 Å². The van der Waals surface area contributed by atoms with Crippen molar-refractivity contribution in [3.63, 3.8) is 0 Å². The van der Waals surface area contributed by atoms with Gasteiger partial charge in [-0.2, -0.15) is 0 Å². The third-order valence-electron chi connectivity index (χ3n) is 5.47. The zero-order chi connectivity index (χ0) is 24.9. The van der Waals surface area contributed by atoms with Gasteiger partial charge in [-0.1, -0.05) is 73.6 Å². The maximum absolute atomic E-state index is 13.4. The van der Waals surface area contributed by atoms with Crippen LogP contribution < -0.4 is 10.2 Å². The Morgan fingerprint density at radius 2 is 1.80 bits per heavy atom. The average molecular weight is 488 g/mol. The maximum Gasteiger partial charge on any atom is 0.283 e. The fraction of sp³-hybridized carbons (Fsp3) is 0.179. The third kappa shape index (κ3) is 6.05. The van der Waals surface area contributed by atoms with Gasteiger partial charge in [-0.25, -0.2) is 9.38 Å². The molecule has 0 saturated heterocycles. The van der Waals surface area contributed by atoms with E-state index in [1.807, 2.05) is 55.5 Å². The molecule has 0 aliphatic carbocycles. The summed E-state index contributed by atoms with van der Waals surface area (Å²) in [4.78, 5) is 31.9. The van der Waals surface area contributed by atoms with Crippen molar-refractivity contribution < 1.29 is 14.0 Å². The number of amidine groups is 1. The molecule has 1 heterocycles. The molecule has 178 valence electrons. The lowest BCUT2D eigenvalue weighted by molar-refractivity contribution is -0.114. The second-order valence-electron chi connectivity index (χ2n) is 8.57. The fourth-order valence-corrected chi connectivity index (χ4v) is 4.36. The van der Waals surface area contributed by atoms with Crippen molar-refractivity contribution in [2.45, 2.75) is 26.7 Å². The highest BCUT2D eigenvalue weighted by Gasteiger charge is 2.32. The molecule has 2 amide bonds. The van der Waals surface area contributed by atoms with Crippen LogP contribution in [0, 0.1) is 12.7 Å². The number of hydrogen-bond donors (Lipinski definition) is 1. The van der Waals surface area contributed by atoms with Crippen LogP contribution in [0.2, 0.25) is 0 Å². The molecule has 4 rings (SSSR count). The number of halogens is 1. The van der Waals surface area contributed by atoms with Crippen LogP contribution in [-0.4, -0.2) is 22.7 Å². The normalized spacial score (nSPS) is 14.5. The van der Waals surface area contributed by atoms with Gasteiger partial charge in [-0.05, 0) is 60.4 Å². The summed E-state index contributed by atoms with van der Waals surface area (Å²) in [6, 6.07) is 21.3. The minimum absolute atomic E-state index is 0.0152. The first-order chi connectivity index (χ1) is 16.8. The number of nitrogens with one attached hydrogen (secondary N) is 1. The summed E-state index contributed by atoms with van der Waals surface area (Å²) in [5.41, 5.74) is 4.52. The monoisotopic (exact) mass is 487 g/mol. The van der Waals surface area contributed by atoms with E-state index in [1.54, 1.807) is 12.1 Å². The number of benzene rings is 3. The number of carbonyl (C=O) groups is 2. The summed E-state index contributed by atoms with van der Waals surface area (Å²) in [6.45, 7) is 6.24.